The topological polar surface area (TPSA) is 0 Å². The van der Waals surface area contributed by atoms with Gasteiger partial charge in [0.1, 0.15) is 0 Å². The number of hydrogen-bond acceptors (Lipinski definition) is 0. The van der Waals surface area contributed by atoms with Gasteiger partial charge >= 0.3 is 0 Å². The lowest BCUT2D eigenvalue weighted by Crippen LogP contribution is -2.38. The van der Waals surface area contributed by atoms with Crippen molar-refractivity contribution in [1.82, 2.24) is 0 Å². The molecule has 0 aromatic heterocycles. The Morgan fingerprint density at radius 2 is 1.38 bits per heavy atom. The summed E-state index contributed by atoms with van der Waals surface area (Å²) in [6, 6.07) is 0. The molecule has 1 aliphatic rings. The largest absolute Gasteiger partial charge is 0.0931 e. The molecule has 0 aromatic carbocycles. The second-order valence-electron chi connectivity index (χ2n) is 3.37. The van der Waals surface area contributed by atoms with Crippen molar-refractivity contribution in [1.29, 1.82) is 0 Å². The van der Waals surface area contributed by atoms with Crippen LogP contribution in [0, 0.1) is 0 Å². The molecule has 0 nitrogen and oxygen atoms in total. The van der Waals surface area contributed by atoms with E-state index in [2.05, 4.69) is 13.6 Å². The van der Waals surface area contributed by atoms with E-state index >= 15 is 0 Å². The van der Waals surface area contributed by atoms with Gasteiger partial charge in [0, 0.05) is 0 Å². The fraction of sp³-hybridized carbons (Fsp3) is 1.00. The van der Waals surface area contributed by atoms with Gasteiger partial charge in [0.05, 0.1) is 27.3 Å². The van der Waals surface area contributed by atoms with E-state index in [4.69, 9.17) is 0 Å². The molecule has 1 fully saturated rings. The maximum absolute atomic E-state index is 2.37. The van der Waals surface area contributed by atoms with Crippen LogP contribution in [0.15, 0.2) is 0 Å². The van der Waals surface area contributed by atoms with Crippen LogP contribution >= 0.6 is 0 Å². The Bertz CT molecular complexity index is 56.4. The van der Waals surface area contributed by atoms with Crippen molar-refractivity contribution < 1.29 is 0 Å². The van der Waals surface area contributed by atoms with Crippen LogP contribution in [-0.2, 0) is 0 Å². The fourth-order valence-electron chi connectivity index (χ4n) is 1.43. The molecule has 0 radical (unpaired) electrons. The Morgan fingerprint density at radius 1 is 1.00 bits per heavy atom. The highest BCUT2D eigenvalue weighted by atomic mass is 13.6. The van der Waals surface area contributed by atoms with E-state index in [1.54, 1.807) is 0 Å². The first-order chi connectivity index (χ1) is 3.79. The summed E-state index contributed by atoms with van der Waals surface area (Å²) >= 11 is 0. The van der Waals surface area contributed by atoms with Crippen molar-refractivity contribution in [2.45, 2.75) is 26.3 Å². The highest BCUT2D eigenvalue weighted by Crippen LogP contribution is 2.06. The molecule has 0 bridgehead atoms. The first-order valence-electron chi connectivity index (χ1n) is 3.79. The van der Waals surface area contributed by atoms with Gasteiger partial charge in [-0.3, -0.25) is 0 Å². The molecule has 0 atom stereocenters. The summed E-state index contributed by atoms with van der Waals surface area (Å²) in [5.74, 6) is 0. The first kappa shape index (κ1) is 6.38. The zero-order valence-electron chi connectivity index (χ0n) is 5.98. The lowest BCUT2D eigenvalue weighted by Gasteiger charge is -2.16. The van der Waals surface area contributed by atoms with E-state index in [-0.39, 0.29) is 0 Å². The van der Waals surface area contributed by atoms with Gasteiger partial charge in [-0.25, -0.2) is 0 Å². The molecule has 0 spiro atoms. The van der Waals surface area contributed by atoms with Gasteiger partial charge in [-0.05, 0) is 0 Å². The predicted octanol–water partition coefficient (Wildman–Crippen LogP) is 0.0306. The van der Waals surface area contributed by atoms with E-state index in [1.165, 1.54) is 26.8 Å². The van der Waals surface area contributed by atoms with Gasteiger partial charge in [-0.2, -0.15) is 0 Å². The van der Waals surface area contributed by atoms with Gasteiger partial charge in [-0.15, -0.1) is 0 Å². The molecule has 0 N–H and O–H groups in total. The molecule has 1 aliphatic heterocycles. The lowest BCUT2D eigenvalue weighted by molar-refractivity contribution is 1.39. The molecule has 0 aromatic rings. The summed E-state index contributed by atoms with van der Waals surface area (Å²) in [5, 5.41) is 0. The number of rotatable bonds is 0. The Labute approximate surface area is 54.4 Å². The maximum Gasteiger partial charge on any atom is 0.0914 e. The molecule has 1 saturated heterocycles. The summed E-state index contributed by atoms with van der Waals surface area (Å²) in [7, 11) is 2.95. The predicted molar refractivity (Wildman–Crippen MR) is 47.1 cm³/mol. The number of hydrogen-bond donors (Lipinski definition) is 0. The normalized spacial score (nSPS) is 19.8. The summed E-state index contributed by atoms with van der Waals surface area (Å²) in [4.78, 5) is 0. The Morgan fingerprint density at radius 3 is 1.62 bits per heavy atom. The van der Waals surface area contributed by atoms with E-state index in [9.17, 15) is 0 Å². The van der Waals surface area contributed by atoms with Gasteiger partial charge < -0.3 is 0 Å². The minimum Gasteiger partial charge on any atom is -0.0931 e. The smallest absolute Gasteiger partial charge is 0.0914 e. The molecule has 1 heterocycles. The van der Waals surface area contributed by atoms with Crippen LogP contribution in [0.25, 0.3) is 0 Å². The van der Waals surface area contributed by atoms with Crippen LogP contribution in [0.4, 0.5) is 0 Å². The zero-order valence-corrected chi connectivity index (χ0v) is 5.98. The van der Waals surface area contributed by atoms with Crippen LogP contribution in [0.5, 0.6) is 0 Å². The average Bonchev–Trinajstić information content (AvgIpc) is 1.77. The third-order valence-electron chi connectivity index (χ3n) is 2.30. The molecule has 1 rings (SSSR count). The van der Waals surface area contributed by atoms with E-state index < -0.39 is 0 Å². The Hall–Kier alpha value is 0.260. The zero-order chi connectivity index (χ0) is 5.98. The molecular formula is C4H12B4. The molecular weight excluding hydrogens is 91.3 g/mol. The molecule has 0 aliphatic carbocycles. The SMILES string of the molecule is CB1BBB(C)CC1. The monoisotopic (exact) mass is 104 g/mol. The molecule has 40 valence electrons. The van der Waals surface area contributed by atoms with Crippen molar-refractivity contribution in [3.63, 3.8) is 0 Å². The molecule has 0 unspecified atom stereocenters. The minimum atomic E-state index is 1.02. The minimum absolute atomic E-state index is 1.02. The molecule has 0 saturated carbocycles. The lowest BCUT2D eigenvalue weighted by atomic mass is 8.91. The second kappa shape index (κ2) is 2.70. The van der Waals surface area contributed by atoms with Gasteiger partial charge in [-0.1, -0.05) is 26.3 Å². The summed E-state index contributed by atoms with van der Waals surface area (Å²) in [5.41, 5.74) is 0. The Balaban J connectivity index is 2.19. The van der Waals surface area contributed by atoms with E-state index in [1.807, 2.05) is 0 Å². The Kier molecular flexibility index (Phi) is 2.16. The van der Waals surface area contributed by atoms with Crippen LogP contribution in [0.2, 0.25) is 26.3 Å². The summed E-state index contributed by atoms with van der Waals surface area (Å²) in [6.07, 6.45) is 2.95. The molecule has 8 heavy (non-hydrogen) atoms. The maximum atomic E-state index is 2.37. The van der Waals surface area contributed by atoms with Crippen LogP contribution < -0.4 is 0 Å². The first-order valence-corrected chi connectivity index (χ1v) is 3.79. The highest BCUT2D eigenvalue weighted by molar-refractivity contribution is 7.53. The highest BCUT2D eigenvalue weighted by Gasteiger charge is 2.19. The van der Waals surface area contributed by atoms with Crippen LogP contribution in [0.3, 0.4) is 0 Å². The van der Waals surface area contributed by atoms with Gasteiger partial charge in [0.15, 0.2) is 0 Å². The van der Waals surface area contributed by atoms with Crippen LogP contribution in [-0.4, -0.2) is 27.3 Å². The van der Waals surface area contributed by atoms with Gasteiger partial charge in [0.25, 0.3) is 0 Å². The standard InChI is InChI=1S/C4H12B4/c1-7-3-4-8(2)6-5-7/h5-6H,3-4H2,1-2H3. The third kappa shape index (κ3) is 1.65. The van der Waals surface area contributed by atoms with Crippen molar-refractivity contribution in [2.24, 2.45) is 0 Å². The average molecular weight is 103 g/mol. The molecule has 4 heteroatoms. The van der Waals surface area contributed by atoms with Crippen LogP contribution in [0.1, 0.15) is 0 Å². The quantitative estimate of drug-likeness (QED) is 0.380. The summed E-state index contributed by atoms with van der Waals surface area (Å²) in [6.45, 7) is 6.77. The van der Waals surface area contributed by atoms with E-state index in [0.717, 1.165) is 13.2 Å². The summed E-state index contributed by atoms with van der Waals surface area (Å²) < 4.78 is 0. The molecule has 0 amide bonds. The van der Waals surface area contributed by atoms with Crippen molar-refractivity contribution >= 4 is 27.3 Å². The van der Waals surface area contributed by atoms with Crippen molar-refractivity contribution in [3.05, 3.63) is 0 Å². The fourth-order valence-corrected chi connectivity index (χ4v) is 1.43. The van der Waals surface area contributed by atoms with Crippen molar-refractivity contribution in [2.75, 3.05) is 0 Å². The van der Waals surface area contributed by atoms with Gasteiger partial charge in [0.2, 0.25) is 0 Å². The van der Waals surface area contributed by atoms with E-state index in [0.29, 0.717) is 0 Å². The van der Waals surface area contributed by atoms with Crippen molar-refractivity contribution in [3.8, 4) is 0 Å². The third-order valence-corrected chi connectivity index (χ3v) is 2.30. The second-order valence-corrected chi connectivity index (χ2v) is 3.37.